The molecule has 0 radical (unpaired) electrons. The number of carboxylic acids is 1. The van der Waals surface area contributed by atoms with Gasteiger partial charge in [0.05, 0.1) is 12.2 Å². The van der Waals surface area contributed by atoms with E-state index in [0.717, 1.165) is 17.7 Å². The highest BCUT2D eigenvalue weighted by atomic mass is 16.5. The lowest BCUT2D eigenvalue weighted by Crippen LogP contribution is -2.31. The third kappa shape index (κ3) is 1.53. The van der Waals surface area contributed by atoms with E-state index >= 15 is 0 Å². The van der Waals surface area contributed by atoms with Crippen molar-refractivity contribution in [1.29, 1.82) is 0 Å². The third-order valence-electron chi connectivity index (χ3n) is 2.44. The second-order valence-electron chi connectivity index (χ2n) is 4.22. The molecule has 4 nitrogen and oxygen atoms in total. The second kappa shape index (κ2) is 2.85. The maximum atomic E-state index is 10.7. The van der Waals surface area contributed by atoms with Gasteiger partial charge in [0, 0.05) is 12.1 Å². The van der Waals surface area contributed by atoms with Crippen LogP contribution in [0.2, 0.25) is 0 Å². The van der Waals surface area contributed by atoms with Crippen LogP contribution in [0.25, 0.3) is 0 Å². The molecule has 0 saturated carbocycles. The van der Waals surface area contributed by atoms with E-state index in [4.69, 9.17) is 9.84 Å². The van der Waals surface area contributed by atoms with Gasteiger partial charge in [0.15, 0.2) is 0 Å². The molecular weight excluding hydrogens is 182 g/mol. The predicted molar refractivity (Wildman–Crippen MR) is 50.3 cm³/mol. The Kier molecular flexibility index (Phi) is 1.89. The molecule has 0 aliphatic carbocycles. The van der Waals surface area contributed by atoms with Gasteiger partial charge in [-0.05, 0) is 25.5 Å². The summed E-state index contributed by atoms with van der Waals surface area (Å²) in [6.07, 6.45) is 0.732. The first-order valence-corrected chi connectivity index (χ1v) is 4.56. The van der Waals surface area contributed by atoms with E-state index in [1.807, 2.05) is 13.8 Å². The maximum absolute atomic E-state index is 10.7. The molecule has 2 heterocycles. The van der Waals surface area contributed by atoms with Crippen LogP contribution >= 0.6 is 0 Å². The fourth-order valence-electron chi connectivity index (χ4n) is 1.69. The first-order chi connectivity index (χ1) is 6.48. The summed E-state index contributed by atoms with van der Waals surface area (Å²) in [6, 6.07) is 1.65. The summed E-state index contributed by atoms with van der Waals surface area (Å²) in [7, 11) is 0. The average molecular weight is 195 g/mol. The molecule has 2 N–H and O–H groups in total. The minimum atomic E-state index is -0.919. The van der Waals surface area contributed by atoms with Crippen LogP contribution in [-0.2, 0) is 17.8 Å². The molecular formula is C10H13NO3. The Morgan fingerprint density at radius 2 is 2.36 bits per heavy atom. The zero-order chi connectivity index (χ0) is 10.3. The van der Waals surface area contributed by atoms with Gasteiger partial charge in [0.25, 0.3) is 0 Å². The molecule has 1 aromatic heterocycles. The minimum Gasteiger partial charge on any atom is -0.477 e. The van der Waals surface area contributed by atoms with E-state index in [1.165, 1.54) is 0 Å². The molecule has 0 spiro atoms. The number of nitrogens with one attached hydrogen (secondary N) is 1. The zero-order valence-corrected chi connectivity index (χ0v) is 8.26. The van der Waals surface area contributed by atoms with Crippen molar-refractivity contribution in [3.8, 4) is 0 Å². The van der Waals surface area contributed by atoms with E-state index < -0.39 is 5.97 Å². The van der Waals surface area contributed by atoms with E-state index in [0.29, 0.717) is 6.61 Å². The van der Waals surface area contributed by atoms with Gasteiger partial charge in [-0.15, -0.1) is 0 Å². The zero-order valence-electron chi connectivity index (χ0n) is 8.26. The van der Waals surface area contributed by atoms with Gasteiger partial charge in [-0.2, -0.15) is 0 Å². The summed E-state index contributed by atoms with van der Waals surface area (Å²) in [5.74, 6) is -0.919. The quantitative estimate of drug-likeness (QED) is 0.714. The highest BCUT2D eigenvalue weighted by molar-refractivity contribution is 5.86. The van der Waals surface area contributed by atoms with Gasteiger partial charge in [0.1, 0.15) is 5.69 Å². The number of hydrogen-bond acceptors (Lipinski definition) is 2. The Morgan fingerprint density at radius 3 is 3.00 bits per heavy atom. The average Bonchev–Trinajstić information content (AvgIpc) is 2.45. The van der Waals surface area contributed by atoms with Crippen molar-refractivity contribution in [2.75, 3.05) is 0 Å². The Labute approximate surface area is 81.9 Å². The van der Waals surface area contributed by atoms with Crippen molar-refractivity contribution in [3.63, 3.8) is 0 Å². The molecule has 0 unspecified atom stereocenters. The van der Waals surface area contributed by atoms with E-state index in [9.17, 15) is 4.79 Å². The minimum absolute atomic E-state index is 0.201. The predicted octanol–water partition coefficient (Wildman–Crippen LogP) is 1.56. The Balaban J connectivity index is 2.34. The van der Waals surface area contributed by atoms with Gasteiger partial charge in [-0.25, -0.2) is 4.79 Å². The van der Waals surface area contributed by atoms with E-state index in [-0.39, 0.29) is 11.3 Å². The molecule has 0 amide bonds. The van der Waals surface area contributed by atoms with Crippen LogP contribution in [0.3, 0.4) is 0 Å². The van der Waals surface area contributed by atoms with Crippen LogP contribution in [-0.4, -0.2) is 21.7 Å². The van der Waals surface area contributed by atoms with Crippen molar-refractivity contribution in [2.45, 2.75) is 32.5 Å². The molecule has 0 atom stereocenters. The Morgan fingerprint density at radius 1 is 1.64 bits per heavy atom. The van der Waals surface area contributed by atoms with E-state index in [1.54, 1.807) is 6.07 Å². The standard InChI is InChI=1S/C10H13NO3/c1-10(2)4-8-6(5-14-10)3-7(11-8)9(12)13/h3,11H,4-5H2,1-2H3,(H,12,13). The van der Waals surface area contributed by atoms with Gasteiger partial charge >= 0.3 is 5.97 Å². The van der Waals surface area contributed by atoms with Crippen molar-refractivity contribution < 1.29 is 14.6 Å². The summed E-state index contributed by atoms with van der Waals surface area (Å²) < 4.78 is 5.57. The molecule has 0 aromatic carbocycles. The molecule has 0 saturated heterocycles. The number of rotatable bonds is 1. The first-order valence-electron chi connectivity index (χ1n) is 4.56. The van der Waals surface area contributed by atoms with E-state index in [2.05, 4.69) is 4.98 Å². The number of fused-ring (bicyclic) bond motifs is 1. The van der Waals surface area contributed by atoms with Gasteiger partial charge < -0.3 is 14.8 Å². The number of aromatic carboxylic acids is 1. The topological polar surface area (TPSA) is 62.3 Å². The maximum Gasteiger partial charge on any atom is 0.352 e. The molecule has 0 bridgehead atoms. The molecule has 4 heteroatoms. The van der Waals surface area contributed by atoms with Crippen LogP contribution in [0.1, 0.15) is 35.6 Å². The fraction of sp³-hybridized carbons (Fsp3) is 0.500. The third-order valence-corrected chi connectivity index (χ3v) is 2.44. The second-order valence-corrected chi connectivity index (χ2v) is 4.22. The van der Waals surface area contributed by atoms with Crippen molar-refractivity contribution in [3.05, 3.63) is 23.0 Å². The first kappa shape index (κ1) is 9.27. The van der Waals surface area contributed by atoms with Crippen LogP contribution in [0.15, 0.2) is 6.07 Å². The molecule has 14 heavy (non-hydrogen) atoms. The molecule has 1 aliphatic rings. The van der Waals surface area contributed by atoms with Crippen molar-refractivity contribution >= 4 is 5.97 Å². The highest BCUT2D eigenvalue weighted by Crippen LogP contribution is 2.27. The Hall–Kier alpha value is -1.29. The van der Waals surface area contributed by atoms with Gasteiger partial charge in [-0.3, -0.25) is 0 Å². The number of carbonyl (C=O) groups is 1. The number of H-pyrrole nitrogens is 1. The molecule has 0 fully saturated rings. The highest BCUT2D eigenvalue weighted by Gasteiger charge is 2.28. The summed E-state index contributed by atoms with van der Waals surface area (Å²) in [5.41, 5.74) is 1.99. The van der Waals surface area contributed by atoms with Gasteiger partial charge in [0.2, 0.25) is 0 Å². The number of carboxylic acid groups (broad SMARTS) is 1. The summed E-state index contributed by atoms with van der Waals surface area (Å²) in [5, 5.41) is 8.79. The largest absolute Gasteiger partial charge is 0.477 e. The monoisotopic (exact) mass is 195 g/mol. The molecule has 1 aromatic rings. The van der Waals surface area contributed by atoms with Crippen LogP contribution in [0, 0.1) is 0 Å². The molecule has 1 aliphatic heterocycles. The SMILES string of the molecule is CC1(C)Cc2[nH]c(C(=O)O)cc2CO1. The normalized spacial score (nSPS) is 19.0. The number of aromatic amines is 1. The summed E-state index contributed by atoms with van der Waals surface area (Å²) in [4.78, 5) is 13.6. The van der Waals surface area contributed by atoms with Crippen molar-refractivity contribution in [1.82, 2.24) is 4.98 Å². The lowest BCUT2D eigenvalue weighted by Gasteiger charge is -2.29. The summed E-state index contributed by atoms with van der Waals surface area (Å²) >= 11 is 0. The van der Waals surface area contributed by atoms with Crippen LogP contribution < -0.4 is 0 Å². The van der Waals surface area contributed by atoms with Crippen LogP contribution in [0.4, 0.5) is 0 Å². The molecule has 2 rings (SSSR count). The molecule has 76 valence electrons. The fourth-order valence-corrected chi connectivity index (χ4v) is 1.69. The van der Waals surface area contributed by atoms with Crippen LogP contribution in [0.5, 0.6) is 0 Å². The van der Waals surface area contributed by atoms with Gasteiger partial charge in [-0.1, -0.05) is 0 Å². The smallest absolute Gasteiger partial charge is 0.352 e. The number of hydrogen-bond donors (Lipinski definition) is 2. The number of aromatic nitrogens is 1. The number of ether oxygens (including phenoxy) is 1. The lowest BCUT2D eigenvalue weighted by molar-refractivity contribution is -0.0406. The summed E-state index contributed by atoms with van der Waals surface area (Å²) in [6.45, 7) is 4.49. The van der Waals surface area contributed by atoms with Crippen molar-refractivity contribution in [2.24, 2.45) is 0 Å². The Bertz CT molecular complexity index is 379. The lowest BCUT2D eigenvalue weighted by atomic mass is 9.97.